The zero-order valence-corrected chi connectivity index (χ0v) is 7.46. The third kappa shape index (κ3) is 1.17. The predicted octanol–water partition coefficient (Wildman–Crippen LogP) is 1.37. The Balaban J connectivity index is 2.59. The topological polar surface area (TPSA) is 43.4 Å². The molecule has 0 radical (unpaired) electrons. The summed E-state index contributed by atoms with van der Waals surface area (Å²) in [5.41, 5.74) is 1.32. The maximum atomic E-state index is 11.1. The van der Waals surface area contributed by atoms with Gasteiger partial charge in [0.25, 0.3) is 0 Å². The Bertz CT molecular complexity index is 489. The second kappa shape index (κ2) is 3.00. The number of fused-ring (bicyclic) bond motifs is 1. The molecular weight excluding hydrogens is 180 g/mol. The lowest BCUT2D eigenvalue weighted by Gasteiger charge is -1.92. The summed E-state index contributed by atoms with van der Waals surface area (Å²) in [5, 5.41) is 0. The number of carbonyl (C=O) groups excluding carboxylic acids is 2. The van der Waals surface area contributed by atoms with E-state index in [1.165, 1.54) is 0 Å². The van der Waals surface area contributed by atoms with Crippen LogP contribution < -0.4 is 0 Å². The second-order valence-electron chi connectivity index (χ2n) is 2.81. The van der Waals surface area contributed by atoms with Gasteiger partial charge in [-0.1, -0.05) is 5.92 Å². The van der Waals surface area contributed by atoms with Gasteiger partial charge in [0.05, 0.1) is 11.1 Å². The number of ether oxygens (including phenoxy) is 1. The van der Waals surface area contributed by atoms with Crippen LogP contribution in [0.2, 0.25) is 0 Å². The summed E-state index contributed by atoms with van der Waals surface area (Å²) in [6.07, 6.45) is 0. The third-order valence-corrected chi connectivity index (χ3v) is 1.91. The molecule has 1 heterocycles. The number of carbonyl (C=O) groups is 2. The normalized spacial score (nSPS) is 12.9. The molecule has 0 unspecified atom stereocenters. The van der Waals surface area contributed by atoms with Crippen LogP contribution in [0.4, 0.5) is 0 Å². The van der Waals surface area contributed by atoms with Gasteiger partial charge in [0.2, 0.25) is 0 Å². The lowest BCUT2D eigenvalue weighted by atomic mass is 10.1. The van der Waals surface area contributed by atoms with E-state index < -0.39 is 11.9 Å². The van der Waals surface area contributed by atoms with E-state index in [0.29, 0.717) is 16.7 Å². The SMILES string of the molecule is CC#Cc1ccc2c(c1)C(=O)OC2=O. The number of esters is 2. The highest BCUT2D eigenvalue weighted by Gasteiger charge is 2.29. The van der Waals surface area contributed by atoms with E-state index in [2.05, 4.69) is 16.6 Å². The molecule has 68 valence electrons. The molecule has 1 aliphatic heterocycles. The molecule has 1 aromatic rings. The largest absolute Gasteiger partial charge is 0.386 e. The average Bonchev–Trinajstić information content (AvgIpc) is 2.43. The van der Waals surface area contributed by atoms with Gasteiger partial charge in [-0.3, -0.25) is 0 Å². The summed E-state index contributed by atoms with van der Waals surface area (Å²) in [4.78, 5) is 22.2. The molecule has 1 aromatic carbocycles. The van der Waals surface area contributed by atoms with Crippen molar-refractivity contribution in [3.63, 3.8) is 0 Å². The van der Waals surface area contributed by atoms with Gasteiger partial charge in [-0.15, -0.1) is 5.92 Å². The Hall–Kier alpha value is -2.08. The summed E-state index contributed by atoms with van der Waals surface area (Å²) < 4.78 is 4.44. The van der Waals surface area contributed by atoms with E-state index in [9.17, 15) is 9.59 Å². The molecule has 14 heavy (non-hydrogen) atoms. The van der Waals surface area contributed by atoms with Gasteiger partial charge in [0, 0.05) is 5.56 Å². The van der Waals surface area contributed by atoms with E-state index in [0.717, 1.165) is 0 Å². The molecule has 3 heteroatoms. The van der Waals surface area contributed by atoms with Gasteiger partial charge in [-0.2, -0.15) is 0 Å². The van der Waals surface area contributed by atoms with Gasteiger partial charge in [-0.05, 0) is 25.1 Å². The van der Waals surface area contributed by atoms with Crippen molar-refractivity contribution in [2.45, 2.75) is 6.92 Å². The molecule has 0 aliphatic carbocycles. The number of hydrogen-bond acceptors (Lipinski definition) is 3. The summed E-state index contributed by atoms with van der Waals surface area (Å²) in [5.74, 6) is 4.34. The first-order chi connectivity index (χ1) is 6.72. The minimum atomic E-state index is -0.593. The van der Waals surface area contributed by atoms with E-state index in [-0.39, 0.29) is 0 Å². The van der Waals surface area contributed by atoms with Crippen LogP contribution in [0.3, 0.4) is 0 Å². The molecule has 1 aliphatic rings. The van der Waals surface area contributed by atoms with E-state index in [1.807, 2.05) is 0 Å². The fourth-order valence-corrected chi connectivity index (χ4v) is 1.31. The lowest BCUT2D eigenvalue weighted by Crippen LogP contribution is -1.96. The van der Waals surface area contributed by atoms with Gasteiger partial charge < -0.3 is 4.74 Å². The van der Waals surface area contributed by atoms with Gasteiger partial charge in [0.1, 0.15) is 0 Å². The Labute approximate surface area is 80.7 Å². The van der Waals surface area contributed by atoms with Crippen molar-refractivity contribution in [2.75, 3.05) is 0 Å². The molecule has 0 spiro atoms. The number of cyclic esters (lactones) is 2. The quantitative estimate of drug-likeness (QED) is 0.349. The molecule has 0 aromatic heterocycles. The van der Waals surface area contributed by atoms with Gasteiger partial charge in [0.15, 0.2) is 0 Å². The van der Waals surface area contributed by atoms with E-state index in [4.69, 9.17) is 0 Å². The Morgan fingerprint density at radius 1 is 1.14 bits per heavy atom. The van der Waals surface area contributed by atoms with Crippen molar-refractivity contribution in [1.82, 2.24) is 0 Å². The minimum absolute atomic E-state index is 0.301. The van der Waals surface area contributed by atoms with Crippen LogP contribution in [0.15, 0.2) is 18.2 Å². The average molecular weight is 186 g/mol. The summed E-state index contributed by atoms with van der Waals surface area (Å²) >= 11 is 0. The standard InChI is InChI=1S/C11H6O3/c1-2-3-7-4-5-8-9(6-7)11(13)14-10(8)12/h4-6H,1H3. The zero-order chi connectivity index (χ0) is 10.1. The smallest absolute Gasteiger partial charge is 0.346 e. The summed E-state index contributed by atoms with van der Waals surface area (Å²) in [7, 11) is 0. The van der Waals surface area contributed by atoms with E-state index >= 15 is 0 Å². The highest BCUT2D eigenvalue weighted by molar-refractivity contribution is 6.14. The molecule has 0 N–H and O–H groups in total. The maximum Gasteiger partial charge on any atom is 0.346 e. The molecular formula is C11H6O3. The molecule has 0 saturated carbocycles. The molecule has 3 nitrogen and oxygen atoms in total. The van der Waals surface area contributed by atoms with Crippen LogP contribution in [0.5, 0.6) is 0 Å². The first kappa shape index (κ1) is 8.52. The Morgan fingerprint density at radius 2 is 1.86 bits per heavy atom. The highest BCUT2D eigenvalue weighted by atomic mass is 16.6. The molecule has 2 rings (SSSR count). The van der Waals surface area contributed by atoms with Crippen molar-refractivity contribution >= 4 is 11.9 Å². The second-order valence-corrected chi connectivity index (χ2v) is 2.81. The van der Waals surface area contributed by atoms with Crippen molar-refractivity contribution in [1.29, 1.82) is 0 Å². The van der Waals surface area contributed by atoms with Gasteiger partial charge >= 0.3 is 11.9 Å². The Morgan fingerprint density at radius 3 is 2.57 bits per heavy atom. The molecule has 0 saturated heterocycles. The highest BCUT2D eigenvalue weighted by Crippen LogP contribution is 2.20. The van der Waals surface area contributed by atoms with Crippen LogP contribution in [-0.2, 0) is 4.74 Å². The third-order valence-electron chi connectivity index (χ3n) is 1.91. The number of rotatable bonds is 0. The monoisotopic (exact) mass is 186 g/mol. The zero-order valence-electron chi connectivity index (χ0n) is 7.46. The first-order valence-electron chi connectivity index (χ1n) is 4.05. The molecule has 0 fully saturated rings. The fraction of sp³-hybridized carbons (Fsp3) is 0.0909. The van der Waals surface area contributed by atoms with Crippen LogP contribution in [0, 0.1) is 11.8 Å². The number of benzene rings is 1. The van der Waals surface area contributed by atoms with Gasteiger partial charge in [-0.25, -0.2) is 9.59 Å². The summed E-state index contributed by atoms with van der Waals surface area (Å²) in [6.45, 7) is 1.71. The minimum Gasteiger partial charge on any atom is -0.386 e. The molecule has 0 amide bonds. The van der Waals surface area contributed by atoms with Crippen molar-refractivity contribution in [3.8, 4) is 11.8 Å². The Kier molecular flexibility index (Phi) is 1.83. The van der Waals surface area contributed by atoms with Crippen molar-refractivity contribution < 1.29 is 14.3 Å². The van der Waals surface area contributed by atoms with Crippen LogP contribution in [0.1, 0.15) is 33.2 Å². The lowest BCUT2D eigenvalue weighted by molar-refractivity contribution is 0.0444. The number of hydrogen-bond donors (Lipinski definition) is 0. The van der Waals surface area contributed by atoms with Crippen molar-refractivity contribution in [2.24, 2.45) is 0 Å². The first-order valence-corrected chi connectivity index (χ1v) is 4.05. The van der Waals surface area contributed by atoms with Crippen LogP contribution in [-0.4, -0.2) is 11.9 Å². The fourth-order valence-electron chi connectivity index (χ4n) is 1.31. The maximum absolute atomic E-state index is 11.1. The summed E-state index contributed by atoms with van der Waals surface area (Å²) in [6, 6.07) is 4.82. The van der Waals surface area contributed by atoms with E-state index in [1.54, 1.807) is 25.1 Å². The van der Waals surface area contributed by atoms with Crippen molar-refractivity contribution in [3.05, 3.63) is 34.9 Å². The van der Waals surface area contributed by atoms with Crippen LogP contribution in [0.25, 0.3) is 0 Å². The predicted molar refractivity (Wildman–Crippen MR) is 48.7 cm³/mol. The van der Waals surface area contributed by atoms with Crippen LogP contribution >= 0.6 is 0 Å². The molecule has 0 bridgehead atoms. The molecule has 0 atom stereocenters.